The number of carbonyl (C=O) groups is 1. The average molecular weight is 309 g/mol. The highest BCUT2D eigenvalue weighted by Gasteiger charge is 2.19. The van der Waals surface area contributed by atoms with E-state index in [4.69, 9.17) is 0 Å². The van der Waals surface area contributed by atoms with E-state index in [2.05, 4.69) is 15.8 Å². The van der Waals surface area contributed by atoms with E-state index in [1.165, 1.54) is 12.8 Å². The molecule has 1 heterocycles. The molecule has 3 rings (SSSR count). The first-order valence-corrected chi connectivity index (χ1v) is 8.13. The highest BCUT2D eigenvalue weighted by atomic mass is 16.2. The third-order valence-electron chi connectivity index (χ3n) is 4.38. The number of rotatable bonds is 4. The molecule has 23 heavy (non-hydrogen) atoms. The van der Waals surface area contributed by atoms with Crippen molar-refractivity contribution < 1.29 is 4.79 Å². The van der Waals surface area contributed by atoms with E-state index in [9.17, 15) is 4.79 Å². The summed E-state index contributed by atoms with van der Waals surface area (Å²) in [5.74, 6) is -0.102. The minimum Gasteiger partial charge on any atom is -0.371 e. The first kappa shape index (κ1) is 15.4. The van der Waals surface area contributed by atoms with Gasteiger partial charge in [0.15, 0.2) is 0 Å². The lowest BCUT2D eigenvalue weighted by Gasteiger charge is -2.21. The van der Waals surface area contributed by atoms with Crippen LogP contribution in [0.5, 0.6) is 0 Å². The summed E-state index contributed by atoms with van der Waals surface area (Å²) >= 11 is 0. The Kier molecular flexibility index (Phi) is 4.51. The zero-order chi connectivity index (χ0) is 16.2. The molecular formula is C19H23N3O. The maximum absolute atomic E-state index is 12.6. The van der Waals surface area contributed by atoms with Gasteiger partial charge in [-0.25, -0.2) is 0 Å². The Bertz CT molecular complexity index is 685. The summed E-state index contributed by atoms with van der Waals surface area (Å²) in [7, 11) is 0. The van der Waals surface area contributed by atoms with E-state index < -0.39 is 0 Å². The Morgan fingerprint density at radius 1 is 0.957 bits per heavy atom. The van der Waals surface area contributed by atoms with Gasteiger partial charge in [0.2, 0.25) is 0 Å². The van der Waals surface area contributed by atoms with E-state index in [-0.39, 0.29) is 5.91 Å². The smallest absolute Gasteiger partial charge is 0.271 e. The quantitative estimate of drug-likeness (QED) is 0.847. The topological polar surface area (TPSA) is 44.4 Å². The summed E-state index contributed by atoms with van der Waals surface area (Å²) in [5.41, 5.74) is 10.8. The average Bonchev–Trinajstić information content (AvgIpc) is 3.08. The molecule has 1 saturated heterocycles. The minimum absolute atomic E-state index is 0.102. The van der Waals surface area contributed by atoms with Gasteiger partial charge in [-0.1, -0.05) is 30.3 Å². The Morgan fingerprint density at radius 3 is 2.30 bits per heavy atom. The summed E-state index contributed by atoms with van der Waals surface area (Å²) in [6.07, 6.45) is 2.38. The molecule has 0 aliphatic carbocycles. The van der Waals surface area contributed by atoms with Crippen LogP contribution in [0.4, 0.5) is 11.4 Å². The third kappa shape index (κ3) is 3.31. The number of amides is 1. The predicted molar refractivity (Wildman–Crippen MR) is 94.9 cm³/mol. The Morgan fingerprint density at radius 2 is 1.61 bits per heavy atom. The maximum Gasteiger partial charge on any atom is 0.271 e. The monoisotopic (exact) mass is 309 g/mol. The largest absolute Gasteiger partial charge is 0.371 e. The summed E-state index contributed by atoms with van der Waals surface area (Å²) in [6, 6.07) is 13.9. The lowest BCUT2D eigenvalue weighted by Crippen LogP contribution is -2.32. The van der Waals surface area contributed by atoms with Crippen molar-refractivity contribution in [2.24, 2.45) is 0 Å². The lowest BCUT2D eigenvalue weighted by atomic mass is 10.1. The molecular weight excluding hydrogens is 286 g/mol. The zero-order valence-corrected chi connectivity index (χ0v) is 13.7. The number of benzene rings is 2. The summed E-state index contributed by atoms with van der Waals surface area (Å²) in [5, 5.41) is 0. The fourth-order valence-corrected chi connectivity index (χ4v) is 3.10. The molecule has 4 heteroatoms. The third-order valence-corrected chi connectivity index (χ3v) is 4.38. The van der Waals surface area contributed by atoms with Crippen LogP contribution in [0.3, 0.4) is 0 Å². The second-order valence-corrected chi connectivity index (χ2v) is 6.06. The normalized spacial score (nSPS) is 13.9. The van der Waals surface area contributed by atoms with Crippen LogP contribution >= 0.6 is 0 Å². The molecule has 0 unspecified atom stereocenters. The summed E-state index contributed by atoms with van der Waals surface area (Å²) < 4.78 is 0. The molecule has 1 amide bonds. The molecule has 1 fully saturated rings. The maximum atomic E-state index is 12.6. The number of carbonyl (C=O) groups excluding carboxylic acids is 1. The van der Waals surface area contributed by atoms with Crippen molar-refractivity contribution in [1.82, 2.24) is 5.43 Å². The summed E-state index contributed by atoms with van der Waals surface area (Å²) in [6.45, 7) is 6.10. The number of hydrogen-bond donors (Lipinski definition) is 2. The first-order chi connectivity index (χ1) is 11.2. The number of hydrazine groups is 1. The number of anilines is 2. The van der Waals surface area contributed by atoms with Crippen LogP contribution in [0, 0.1) is 13.8 Å². The molecule has 4 nitrogen and oxygen atoms in total. The molecule has 0 aromatic heterocycles. The molecule has 2 aromatic rings. The highest BCUT2D eigenvalue weighted by molar-refractivity contribution is 6.00. The molecule has 2 aromatic carbocycles. The number of nitrogens with zero attached hydrogens (tertiary/aromatic N) is 1. The second kappa shape index (κ2) is 6.73. The van der Waals surface area contributed by atoms with Crippen LogP contribution in [0.15, 0.2) is 42.5 Å². The van der Waals surface area contributed by atoms with E-state index in [1.807, 2.05) is 56.3 Å². The van der Waals surface area contributed by atoms with Crippen molar-refractivity contribution in [2.45, 2.75) is 26.7 Å². The number of aryl methyl sites for hydroxylation is 2. The number of nitrogens with one attached hydrogen (secondary N) is 2. The molecule has 120 valence electrons. The SMILES string of the molecule is Cc1cccc(C)c1NNC(=O)c1ccccc1N1CCCC1. The van der Waals surface area contributed by atoms with Gasteiger partial charge in [0, 0.05) is 18.8 Å². The number of hydrogen-bond acceptors (Lipinski definition) is 3. The molecule has 2 N–H and O–H groups in total. The van der Waals surface area contributed by atoms with Gasteiger partial charge in [0.05, 0.1) is 11.3 Å². The van der Waals surface area contributed by atoms with Crippen LogP contribution in [-0.4, -0.2) is 19.0 Å². The van der Waals surface area contributed by atoms with Crippen LogP contribution in [0.25, 0.3) is 0 Å². The second-order valence-electron chi connectivity index (χ2n) is 6.06. The van der Waals surface area contributed by atoms with Crippen LogP contribution in [-0.2, 0) is 0 Å². The van der Waals surface area contributed by atoms with Crippen LogP contribution in [0.2, 0.25) is 0 Å². The highest BCUT2D eigenvalue weighted by Crippen LogP contribution is 2.24. The van der Waals surface area contributed by atoms with E-state index >= 15 is 0 Å². The molecule has 0 spiro atoms. The van der Waals surface area contributed by atoms with Gasteiger partial charge in [-0.2, -0.15) is 0 Å². The van der Waals surface area contributed by atoms with Crippen molar-refractivity contribution >= 4 is 17.3 Å². The standard InChI is InChI=1S/C19H23N3O/c1-14-8-7-9-15(2)18(14)20-21-19(23)16-10-3-4-11-17(16)22-12-5-6-13-22/h3-4,7-11,20H,5-6,12-13H2,1-2H3,(H,21,23). The van der Waals surface area contributed by atoms with Gasteiger partial charge < -0.3 is 4.90 Å². The van der Waals surface area contributed by atoms with Crippen molar-refractivity contribution in [3.8, 4) is 0 Å². The van der Waals surface area contributed by atoms with Gasteiger partial charge >= 0.3 is 0 Å². The lowest BCUT2D eigenvalue weighted by molar-refractivity contribution is 0.0963. The molecule has 0 bridgehead atoms. The molecule has 1 aliphatic rings. The predicted octanol–water partition coefficient (Wildman–Crippen LogP) is 3.66. The summed E-state index contributed by atoms with van der Waals surface area (Å²) in [4.78, 5) is 14.9. The van der Waals surface area contributed by atoms with Crippen molar-refractivity contribution in [1.29, 1.82) is 0 Å². The van der Waals surface area contributed by atoms with Crippen molar-refractivity contribution in [2.75, 3.05) is 23.4 Å². The van der Waals surface area contributed by atoms with Gasteiger partial charge in [-0.05, 0) is 49.9 Å². The van der Waals surface area contributed by atoms with Crippen molar-refractivity contribution in [3.63, 3.8) is 0 Å². The molecule has 0 radical (unpaired) electrons. The molecule has 0 atom stereocenters. The van der Waals surface area contributed by atoms with Crippen LogP contribution < -0.4 is 15.8 Å². The Balaban J connectivity index is 1.76. The fraction of sp³-hybridized carbons (Fsp3) is 0.316. The molecule has 1 aliphatic heterocycles. The van der Waals surface area contributed by atoms with E-state index in [0.29, 0.717) is 5.56 Å². The van der Waals surface area contributed by atoms with Crippen molar-refractivity contribution in [3.05, 3.63) is 59.2 Å². The Labute approximate surface area is 137 Å². The fourth-order valence-electron chi connectivity index (χ4n) is 3.10. The van der Waals surface area contributed by atoms with Gasteiger partial charge in [-0.3, -0.25) is 15.6 Å². The Hall–Kier alpha value is -2.49. The first-order valence-electron chi connectivity index (χ1n) is 8.13. The van der Waals surface area contributed by atoms with Crippen LogP contribution in [0.1, 0.15) is 34.3 Å². The zero-order valence-electron chi connectivity index (χ0n) is 13.7. The minimum atomic E-state index is -0.102. The van der Waals surface area contributed by atoms with E-state index in [0.717, 1.165) is 35.6 Å². The van der Waals surface area contributed by atoms with E-state index in [1.54, 1.807) is 0 Å². The van der Waals surface area contributed by atoms with Gasteiger partial charge in [0.1, 0.15) is 0 Å². The van der Waals surface area contributed by atoms with Gasteiger partial charge in [0.25, 0.3) is 5.91 Å². The van der Waals surface area contributed by atoms with Gasteiger partial charge in [-0.15, -0.1) is 0 Å². The molecule has 0 saturated carbocycles. The number of para-hydroxylation sites is 2.